The Morgan fingerprint density at radius 1 is 1.29 bits per heavy atom. The van der Waals surface area contributed by atoms with Crippen LogP contribution in [0.2, 0.25) is 0 Å². The molecule has 3 aromatic heterocycles. The number of nitrogens with one attached hydrogen (secondary N) is 1. The van der Waals surface area contributed by atoms with Crippen molar-refractivity contribution in [1.29, 1.82) is 0 Å². The number of rotatable bonds is 3. The van der Waals surface area contributed by atoms with Gasteiger partial charge in [0.05, 0.1) is 35.4 Å². The Balaban J connectivity index is 1.67. The summed E-state index contributed by atoms with van der Waals surface area (Å²) in [6, 6.07) is 5.80. The van der Waals surface area contributed by atoms with Crippen LogP contribution in [0, 0.1) is 6.92 Å². The molecule has 120 valence electrons. The molecule has 1 amide bonds. The number of thiazole rings is 1. The van der Waals surface area contributed by atoms with Gasteiger partial charge >= 0.3 is 0 Å². The molecular formula is C16H13N5O2S. The molecule has 0 atom stereocenters. The molecule has 0 bridgehead atoms. The third-order valence-electron chi connectivity index (χ3n) is 3.57. The molecular weight excluding hydrogens is 326 g/mol. The number of fused-ring (bicyclic) bond motifs is 3. The lowest BCUT2D eigenvalue weighted by molar-refractivity contribution is 0.102. The molecule has 0 radical (unpaired) electrons. The number of hydrogen-bond acceptors (Lipinski definition) is 6. The average molecular weight is 339 g/mol. The highest BCUT2D eigenvalue weighted by atomic mass is 32.1. The maximum Gasteiger partial charge on any atom is 0.276 e. The van der Waals surface area contributed by atoms with Crippen LogP contribution in [-0.2, 0) is 0 Å². The molecule has 8 heteroatoms. The Morgan fingerprint density at radius 3 is 2.83 bits per heavy atom. The molecule has 0 fully saturated rings. The van der Waals surface area contributed by atoms with Gasteiger partial charge in [0, 0.05) is 6.20 Å². The van der Waals surface area contributed by atoms with Crippen LogP contribution in [0.15, 0.2) is 36.8 Å². The lowest BCUT2D eigenvalue weighted by Gasteiger charge is -2.01. The Bertz CT molecular complexity index is 1050. The van der Waals surface area contributed by atoms with Gasteiger partial charge in [-0.1, -0.05) is 11.3 Å². The van der Waals surface area contributed by atoms with Gasteiger partial charge in [-0.05, 0) is 25.1 Å². The van der Waals surface area contributed by atoms with Crippen molar-refractivity contribution in [3.8, 4) is 5.75 Å². The molecule has 4 aromatic rings. The molecule has 0 aliphatic heterocycles. The number of ether oxygens (including phenoxy) is 1. The molecule has 0 saturated carbocycles. The van der Waals surface area contributed by atoms with Crippen molar-refractivity contribution in [2.24, 2.45) is 0 Å². The number of amides is 1. The Kier molecular flexibility index (Phi) is 3.39. The number of benzene rings is 1. The molecule has 0 aliphatic rings. The van der Waals surface area contributed by atoms with E-state index < -0.39 is 0 Å². The zero-order valence-corrected chi connectivity index (χ0v) is 13.8. The van der Waals surface area contributed by atoms with Gasteiger partial charge in [0.15, 0.2) is 4.96 Å². The highest BCUT2D eigenvalue weighted by molar-refractivity contribution is 7.23. The topological polar surface area (TPSA) is 81.4 Å². The highest BCUT2D eigenvalue weighted by Gasteiger charge is 2.15. The van der Waals surface area contributed by atoms with Gasteiger partial charge in [-0.2, -0.15) is 0 Å². The van der Waals surface area contributed by atoms with E-state index in [0.29, 0.717) is 17.2 Å². The van der Waals surface area contributed by atoms with E-state index in [1.54, 1.807) is 32.6 Å². The van der Waals surface area contributed by atoms with Crippen molar-refractivity contribution < 1.29 is 9.53 Å². The molecule has 0 saturated heterocycles. The quantitative estimate of drug-likeness (QED) is 0.621. The van der Waals surface area contributed by atoms with Crippen molar-refractivity contribution in [3.05, 3.63) is 48.3 Å². The van der Waals surface area contributed by atoms with Crippen LogP contribution in [0.1, 0.15) is 16.3 Å². The third-order valence-corrected chi connectivity index (χ3v) is 4.59. The summed E-state index contributed by atoms with van der Waals surface area (Å²) in [6.07, 6.45) is 4.87. The lowest BCUT2D eigenvalue weighted by atomic mass is 10.3. The summed E-state index contributed by atoms with van der Waals surface area (Å²) < 4.78 is 8.19. The predicted molar refractivity (Wildman–Crippen MR) is 91.8 cm³/mol. The minimum atomic E-state index is -0.292. The number of hydrogen-bond donors (Lipinski definition) is 1. The zero-order chi connectivity index (χ0) is 16.7. The Morgan fingerprint density at radius 2 is 2.08 bits per heavy atom. The summed E-state index contributed by atoms with van der Waals surface area (Å²) in [6.45, 7) is 1.79. The van der Waals surface area contributed by atoms with E-state index in [9.17, 15) is 4.79 Å². The average Bonchev–Trinajstić information content (AvgIpc) is 3.14. The zero-order valence-electron chi connectivity index (χ0n) is 13.0. The molecule has 0 aliphatic carbocycles. The maximum atomic E-state index is 12.3. The van der Waals surface area contributed by atoms with E-state index in [1.807, 2.05) is 22.6 Å². The summed E-state index contributed by atoms with van der Waals surface area (Å²) in [5.74, 6) is 1.15. The molecule has 24 heavy (non-hydrogen) atoms. The molecule has 3 heterocycles. The van der Waals surface area contributed by atoms with Crippen LogP contribution in [-0.4, -0.2) is 32.4 Å². The first-order chi connectivity index (χ1) is 11.6. The molecule has 0 spiro atoms. The maximum absolute atomic E-state index is 12.3. The molecule has 1 aromatic carbocycles. The van der Waals surface area contributed by atoms with E-state index >= 15 is 0 Å². The Hall–Kier alpha value is -3.00. The van der Waals surface area contributed by atoms with Crippen LogP contribution in [0.4, 0.5) is 5.69 Å². The van der Waals surface area contributed by atoms with Gasteiger partial charge in [-0.15, -0.1) is 0 Å². The van der Waals surface area contributed by atoms with Gasteiger partial charge in [0.1, 0.15) is 17.3 Å². The van der Waals surface area contributed by atoms with E-state index in [4.69, 9.17) is 4.74 Å². The summed E-state index contributed by atoms with van der Waals surface area (Å²) in [7, 11) is 1.64. The van der Waals surface area contributed by atoms with Crippen LogP contribution in [0.3, 0.4) is 0 Å². The van der Waals surface area contributed by atoms with E-state index in [0.717, 1.165) is 20.9 Å². The monoisotopic (exact) mass is 339 g/mol. The number of methoxy groups -OCH3 is 1. The highest BCUT2D eigenvalue weighted by Crippen LogP contribution is 2.29. The minimum Gasteiger partial charge on any atom is -0.497 e. The van der Waals surface area contributed by atoms with Gasteiger partial charge in [-0.3, -0.25) is 9.20 Å². The van der Waals surface area contributed by atoms with Gasteiger partial charge in [-0.25, -0.2) is 15.0 Å². The van der Waals surface area contributed by atoms with Crippen LogP contribution in [0.25, 0.3) is 15.2 Å². The largest absolute Gasteiger partial charge is 0.497 e. The molecule has 1 N–H and O–H groups in total. The first-order valence-corrected chi connectivity index (χ1v) is 8.01. The fourth-order valence-electron chi connectivity index (χ4n) is 2.37. The Labute approximate surface area is 141 Å². The number of anilines is 1. The van der Waals surface area contributed by atoms with Crippen molar-refractivity contribution in [1.82, 2.24) is 19.4 Å². The van der Waals surface area contributed by atoms with Gasteiger partial charge in [0.25, 0.3) is 5.91 Å². The normalized spacial score (nSPS) is 11.1. The predicted octanol–water partition coefficient (Wildman–Crippen LogP) is 2.91. The van der Waals surface area contributed by atoms with Crippen molar-refractivity contribution >= 4 is 38.1 Å². The van der Waals surface area contributed by atoms with Crippen LogP contribution < -0.4 is 10.1 Å². The van der Waals surface area contributed by atoms with Crippen molar-refractivity contribution in [3.63, 3.8) is 0 Å². The number of imidazole rings is 1. The van der Waals surface area contributed by atoms with Gasteiger partial charge < -0.3 is 10.1 Å². The molecule has 7 nitrogen and oxygen atoms in total. The number of carbonyl (C=O) groups is 1. The second-order valence-electron chi connectivity index (χ2n) is 5.19. The van der Waals surface area contributed by atoms with Gasteiger partial charge in [0.2, 0.25) is 0 Å². The fraction of sp³-hybridized carbons (Fsp3) is 0.125. The molecule has 0 unspecified atom stereocenters. The second kappa shape index (κ2) is 5.57. The number of aryl methyl sites for hydroxylation is 1. The summed E-state index contributed by atoms with van der Waals surface area (Å²) in [4.78, 5) is 25.6. The SMILES string of the molecule is COc1ccc2c(c1)sc1nc(C(=O)Nc3cnc(C)nc3)cn12. The first-order valence-electron chi connectivity index (χ1n) is 7.20. The number of nitrogens with zero attached hydrogens (tertiary/aromatic N) is 4. The van der Waals surface area contributed by atoms with Crippen LogP contribution in [0.5, 0.6) is 5.75 Å². The number of carbonyl (C=O) groups excluding carboxylic acids is 1. The summed E-state index contributed by atoms with van der Waals surface area (Å²) in [5.41, 5.74) is 1.87. The summed E-state index contributed by atoms with van der Waals surface area (Å²) in [5, 5.41) is 2.75. The lowest BCUT2D eigenvalue weighted by Crippen LogP contribution is -2.12. The van der Waals surface area contributed by atoms with E-state index in [1.165, 1.54) is 11.3 Å². The van der Waals surface area contributed by atoms with Crippen LogP contribution >= 0.6 is 11.3 Å². The minimum absolute atomic E-state index is 0.292. The molecule has 4 rings (SSSR count). The number of aromatic nitrogens is 4. The second-order valence-corrected chi connectivity index (χ2v) is 6.20. The van der Waals surface area contributed by atoms with E-state index in [-0.39, 0.29) is 5.91 Å². The third kappa shape index (κ3) is 2.46. The fourth-order valence-corrected chi connectivity index (χ4v) is 3.41. The van der Waals surface area contributed by atoms with E-state index in [2.05, 4.69) is 20.3 Å². The summed E-state index contributed by atoms with van der Waals surface area (Å²) >= 11 is 1.50. The first kappa shape index (κ1) is 14.6. The smallest absolute Gasteiger partial charge is 0.276 e. The standard InChI is InChI=1S/C16H13N5O2S/c1-9-17-6-10(7-18-9)19-15(22)12-8-21-13-4-3-11(23-2)5-14(13)24-16(21)20-12/h3-8H,1-2H3,(H,19,22). The van der Waals surface area contributed by atoms with Crippen molar-refractivity contribution in [2.75, 3.05) is 12.4 Å². The van der Waals surface area contributed by atoms with Crippen molar-refractivity contribution in [2.45, 2.75) is 6.92 Å².